The van der Waals surface area contributed by atoms with Gasteiger partial charge in [0.1, 0.15) is 11.3 Å². The maximum atomic E-state index is 12.8. The fourth-order valence-corrected chi connectivity index (χ4v) is 3.52. The number of amides is 1. The molecule has 1 aliphatic rings. The summed E-state index contributed by atoms with van der Waals surface area (Å²) in [7, 11) is 3.07. The summed E-state index contributed by atoms with van der Waals surface area (Å²) in [6, 6.07) is 1.59. The molecule has 0 unspecified atom stereocenters. The number of carbonyl (C=O) groups excluding carboxylic acids is 1. The van der Waals surface area contributed by atoms with Gasteiger partial charge in [0.15, 0.2) is 0 Å². The molecular weight excluding hydrogens is 350 g/mol. The van der Waals surface area contributed by atoms with Crippen molar-refractivity contribution in [2.45, 2.75) is 19.9 Å². The number of nitrogens with zero attached hydrogens (tertiary/aromatic N) is 4. The minimum Gasteiger partial charge on any atom is -0.379 e. The molecule has 27 heavy (non-hydrogen) atoms. The van der Waals surface area contributed by atoms with E-state index in [1.807, 2.05) is 6.92 Å². The van der Waals surface area contributed by atoms with E-state index in [9.17, 15) is 14.4 Å². The number of nitrogens with one attached hydrogen (secondary N) is 1. The van der Waals surface area contributed by atoms with Crippen LogP contribution in [0.25, 0.3) is 11.0 Å². The van der Waals surface area contributed by atoms with E-state index >= 15 is 0 Å². The minimum absolute atomic E-state index is 0.234. The Hall–Kier alpha value is -2.39. The molecule has 2 aromatic heterocycles. The third-order valence-electron chi connectivity index (χ3n) is 4.99. The molecular formula is C18H27N5O4. The molecule has 0 spiro atoms. The van der Waals surface area contributed by atoms with Gasteiger partial charge in [-0.2, -0.15) is 0 Å². The van der Waals surface area contributed by atoms with Crippen LogP contribution in [0.5, 0.6) is 0 Å². The summed E-state index contributed by atoms with van der Waals surface area (Å²) in [4.78, 5) is 39.8. The molecule has 0 saturated carbocycles. The molecule has 1 amide bonds. The molecule has 3 heterocycles. The summed E-state index contributed by atoms with van der Waals surface area (Å²) in [6.45, 7) is 6.98. The zero-order valence-corrected chi connectivity index (χ0v) is 16.2. The average molecular weight is 377 g/mol. The Labute approximate surface area is 157 Å². The van der Waals surface area contributed by atoms with Crippen LogP contribution < -0.4 is 16.6 Å². The molecule has 1 saturated heterocycles. The van der Waals surface area contributed by atoms with Gasteiger partial charge in [-0.25, -0.2) is 4.79 Å². The Morgan fingerprint density at radius 3 is 2.52 bits per heavy atom. The first-order valence-corrected chi connectivity index (χ1v) is 9.33. The first kappa shape index (κ1) is 19.4. The summed E-state index contributed by atoms with van der Waals surface area (Å²) < 4.78 is 9.58. The fraction of sp³-hybridized carbons (Fsp3) is 0.611. The van der Waals surface area contributed by atoms with Crippen molar-refractivity contribution in [2.75, 3.05) is 39.4 Å². The largest absolute Gasteiger partial charge is 0.379 e. The van der Waals surface area contributed by atoms with Crippen molar-refractivity contribution >= 4 is 16.9 Å². The lowest BCUT2D eigenvalue weighted by Crippen LogP contribution is -2.41. The summed E-state index contributed by atoms with van der Waals surface area (Å²) in [5, 5.41) is 3.32. The van der Waals surface area contributed by atoms with E-state index in [4.69, 9.17) is 4.74 Å². The molecule has 1 N–H and O–H groups in total. The van der Waals surface area contributed by atoms with Gasteiger partial charge in [-0.3, -0.25) is 23.6 Å². The van der Waals surface area contributed by atoms with Crippen LogP contribution in [0.15, 0.2) is 15.7 Å². The predicted octanol–water partition coefficient (Wildman–Crippen LogP) is -0.489. The van der Waals surface area contributed by atoms with Gasteiger partial charge in [0, 0.05) is 46.8 Å². The second kappa shape index (κ2) is 8.10. The summed E-state index contributed by atoms with van der Waals surface area (Å²) in [5.41, 5.74) is 0.114. The van der Waals surface area contributed by atoms with Gasteiger partial charge in [-0.05, 0) is 12.5 Å². The minimum atomic E-state index is -0.401. The van der Waals surface area contributed by atoms with Crippen molar-refractivity contribution in [1.29, 1.82) is 0 Å². The van der Waals surface area contributed by atoms with E-state index in [0.29, 0.717) is 29.8 Å². The molecule has 2 aromatic rings. The second-order valence-corrected chi connectivity index (χ2v) is 6.83. The number of carbonyl (C=O) groups is 1. The van der Waals surface area contributed by atoms with E-state index in [1.165, 1.54) is 11.6 Å². The van der Waals surface area contributed by atoms with E-state index in [1.54, 1.807) is 17.7 Å². The highest BCUT2D eigenvalue weighted by Gasteiger charge is 2.21. The van der Waals surface area contributed by atoms with Crippen LogP contribution in [-0.4, -0.2) is 63.9 Å². The van der Waals surface area contributed by atoms with Crippen LogP contribution in [0.2, 0.25) is 0 Å². The molecule has 1 fully saturated rings. The number of hydrogen-bond donors (Lipinski definition) is 1. The predicted molar refractivity (Wildman–Crippen MR) is 102 cm³/mol. The van der Waals surface area contributed by atoms with E-state index in [2.05, 4.69) is 10.2 Å². The molecule has 0 radical (unpaired) electrons. The van der Waals surface area contributed by atoms with Crippen LogP contribution in [0, 0.1) is 0 Å². The highest BCUT2D eigenvalue weighted by atomic mass is 16.5. The Kier molecular flexibility index (Phi) is 5.81. The number of morpholine rings is 1. The maximum absolute atomic E-state index is 12.8. The van der Waals surface area contributed by atoms with Crippen molar-refractivity contribution in [3.8, 4) is 0 Å². The third-order valence-corrected chi connectivity index (χ3v) is 4.99. The lowest BCUT2D eigenvalue weighted by molar-refractivity contribution is 0.0383. The van der Waals surface area contributed by atoms with E-state index in [-0.39, 0.29) is 11.5 Å². The number of rotatable bonds is 6. The highest BCUT2D eigenvalue weighted by molar-refractivity contribution is 5.97. The number of ether oxygens (including phenoxy) is 1. The van der Waals surface area contributed by atoms with Gasteiger partial charge in [0.05, 0.1) is 18.6 Å². The van der Waals surface area contributed by atoms with Crippen LogP contribution in [0.3, 0.4) is 0 Å². The van der Waals surface area contributed by atoms with Crippen LogP contribution >= 0.6 is 0 Å². The van der Waals surface area contributed by atoms with Crippen LogP contribution in [0.1, 0.15) is 23.8 Å². The zero-order valence-electron chi connectivity index (χ0n) is 16.2. The van der Waals surface area contributed by atoms with Gasteiger partial charge in [-0.1, -0.05) is 6.92 Å². The van der Waals surface area contributed by atoms with Gasteiger partial charge >= 0.3 is 5.69 Å². The number of aromatic nitrogens is 3. The number of hydrogen-bond acceptors (Lipinski definition) is 5. The second-order valence-electron chi connectivity index (χ2n) is 6.83. The summed E-state index contributed by atoms with van der Waals surface area (Å²) >= 11 is 0. The van der Waals surface area contributed by atoms with Gasteiger partial charge < -0.3 is 14.6 Å². The van der Waals surface area contributed by atoms with Gasteiger partial charge in [0.25, 0.3) is 11.5 Å². The monoisotopic (exact) mass is 377 g/mol. The lowest BCUT2D eigenvalue weighted by atomic mass is 10.3. The highest BCUT2D eigenvalue weighted by Crippen LogP contribution is 2.16. The van der Waals surface area contributed by atoms with E-state index < -0.39 is 5.69 Å². The quantitative estimate of drug-likeness (QED) is 0.734. The SMILES string of the molecule is CCCn1c(C(=O)NCCN2CCOCC2)cc2c(=O)n(C)c(=O)n(C)c21. The van der Waals surface area contributed by atoms with E-state index in [0.717, 1.165) is 43.8 Å². The standard InChI is InChI=1S/C18H27N5O4/c1-4-6-23-14(15(24)19-5-7-22-8-10-27-11-9-22)12-13-16(23)20(2)18(26)21(3)17(13)25/h12H,4-11H2,1-3H3,(H,19,24). The van der Waals surface area contributed by atoms with Crippen LogP contribution in [-0.2, 0) is 25.4 Å². The molecule has 0 atom stereocenters. The number of fused-ring (bicyclic) bond motifs is 1. The fourth-order valence-electron chi connectivity index (χ4n) is 3.52. The van der Waals surface area contributed by atoms with Gasteiger partial charge in [-0.15, -0.1) is 0 Å². The molecule has 0 aliphatic carbocycles. The van der Waals surface area contributed by atoms with Crippen LogP contribution in [0.4, 0.5) is 0 Å². The van der Waals surface area contributed by atoms with Crippen molar-refractivity contribution in [1.82, 2.24) is 23.9 Å². The molecule has 3 rings (SSSR count). The topological polar surface area (TPSA) is 90.5 Å². The summed E-state index contributed by atoms with van der Waals surface area (Å²) in [5.74, 6) is -0.234. The van der Waals surface area contributed by atoms with Crippen molar-refractivity contribution < 1.29 is 9.53 Å². The average Bonchev–Trinajstić information content (AvgIpc) is 3.05. The molecule has 9 nitrogen and oxygen atoms in total. The Morgan fingerprint density at radius 1 is 1.15 bits per heavy atom. The Morgan fingerprint density at radius 2 is 1.85 bits per heavy atom. The summed E-state index contributed by atoms with van der Waals surface area (Å²) in [6.07, 6.45) is 0.779. The maximum Gasteiger partial charge on any atom is 0.332 e. The first-order chi connectivity index (χ1) is 13.0. The lowest BCUT2D eigenvalue weighted by Gasteiger charge is -2.26. The third kappa shape index (κ3) is 3.70. The first-order valence-electron chi connectivity index (χ1n) is 9.33. The zero-order chi connectivity index (χ0) is 19.6. The van der Waals surface area contributed by atoms with Crippen molar-refractivity contribution in [2.24, 2.45) is 14.1 Å². The molecule has 0 bridgehead atoms. The normalized spacial score (nSPS) is 15.4. The van der Waals surface area contributed by atoms with Crippen molar-refractivity contribution in [3.63, 3.8) is 0 Å². The number of aryl methyl sites for hydroxylation is 2. The molecule has 148 valence electrons. The Bertz CT molecular complexity index is 949. The molecule has 0 aromatic carbocycles. The van der Waals surface area contributed by atoms with Crippen molar-refractivity contribution in [3.05, 3.63) is 32.6 Å². The molecule has 1 aliphatic heterocycles. The van der Waals surface area contributed by atoms with Gasteiger partial charge in [0.2, 0.25) is 0 Å². The Balaban J connectivity index is 1.88. The smallest absolute Gasteiger partial charge is 0.332 e. The molecule has 9 heteroatoms.